The van der Waals surface area contributed by atoms with Gasteiger partial charge in [-0.15, -0.1) is 23.2 Å². The number of halogens is 2. The number of hydrogen-bond donors (Lipinski definition) is 1. The minimum Gasteiger partial charge on any atom is -0.389 e. The Balaban J connectivity index is 1.82. The van der Waals surface area contributed by atoms with Crippen LogP contribution in [0, 0.1) is 34.5 Å². The monoisotopic (exact) mass is 426 g/mol. The minimum atomic E-state index is -0.966. The number of rotatable bonds is 2. The van der Waals surface area contributed by atoms with Crippen molar-refractivity contribution in [2.75, 3.05) is 6.61 Å². The van der Waals surface area contributed by atoms with Crippen molar-refractivity contribution >= 4 is 40.6 Å². The van der Waals surface area contributed by atoms with E-state index in [4.69, 9.17) is 23.2 Å². The van der Waals surface area contributed by atoms with E-state index in [1.807, 2.05) is 6.92 Å². The van der Waals surface area contributed by atoms with E-state index in [1.54, 1.807) is 13.0 Å². The maximum absolute atomic E-state index is 13.4. The molecule has 28 heavy (non-hydrogen) atoms. The van der Waals surface area contributed by atoms with Gasteiger partial charge in [-0.05, 0) is 69.3 Å². The molecule has 0 saturated heterocycles. The molecule has 6 heteroatoms. The molecule has 0 aromatic carbocycles. The lowest BCUT2D eigenvalue weighted by atomic mass is 9.45. The third-order valence-electron chi connectivity index (χ3n) is 8.82. The molecule has 0 bridgehead atoms. The van der Waals surface area contributed by atoms with Crippen LogP contribution < -0.4 is 0 Å². The molecule has 0 heterocycles. The van der Waals surface area contributed by atoms with Crippen LogP contribution in [0.5, 0.6) is 0 Å². The normalized spacial score (nSPS) is 50.5. The molecule has 154 valence electrons. The van der Waals surface area contributed by atoms with E-state index in [9.17, 15) is 19.5 Å². The van der Waals surface area contributed by atoms with E-state index in [1.165, 1.54) is 0 Å². The van der Waals surface area contributed by atoms with E-state index >= 15 is 0 Å². The van der Waals surface area contributed by atoms with Gasteiger partial charge in [0.05, 0.1) is 21.6 Å². The summed E-state index contributed by atoms with van der Waals surface area (Å²) in [6.45, 7) is 5.21. The van der Waals surface area contributed by atoms with Crippen LogP contribution in [-0.4, -0.2) is 39.3 Å². The molecule has 4 rings (SSSR count). The average Bonchev–Trinajstić information content (AvgIpc) is 2.99. The molecular formula is C22H28Cl2O4. The zero-order valence-corrected chi connectivity index (χ0v) is 18.1. The van der Waals surface area contributed by atoms with Gasteiger partial charge in [0, 0.05) is 5.92 Å². The molecule has 3 fully saturated rings. The zero-order chi connectivity index (χ0) is 20.6. The molecule has 3 saturated carbocycles. The van der Waals surface area contributed by atoms with Gasteiger partial charge in [0.25, 0.3) is 0 Å². The lowest BCUT2D eigenvalue weighted by Crippen LogP contribution is -2.68. The van der Waals surface area contributed by atoms with E-state index < -0.39 is 28.2 Å². The van der Waals surface area contributed by atoms with Crippen LogP contribution in [0.4, 0.5) is 0 Å². The summed E-state index contributed by atoms with van der Waals surface area (Å²) in [5, 5.41) is 8.95. The number of Topliss-reactive ketones (excluding diaryl/α,β-unsaturated/α-hetero) is 2. The summed E-state index contributed by atoms with van der Waals surface area (Å²) < 4.78 is 0. The Labute approximate surface area is 176 Å². The molecule has 0 spiro atoms. The molecule has 2 unspecified atom stereocenters. The van der Waals surface area contributed by atoms with Crippen molar-refractivity contribution in [1.29, 1.82) is 0 Å². The van der Waals surface area contributed by atoms with Crippen LogP contribution in [0.15, 0.2) is 11.6 Å². The summed E-state index contributed by atoms with van der Waals surface area (Å²) >= 11 is 14.4. The van der Waals surface area contributed by atoms with Crippen molar-refractivity contribution < 1.29 is 19.5 Å². The first-order valence-corrected chi connectivity index (χ1v) is 11.1. The molecule has 1 N–H and O–H groups in total. The first-order valence-electron chi connectivity index (χ1n) is 10.3. The van der Waals surface area contributed by atoms with Crippen molar-refractivity contribution in [2.45, 2.75) is 63.1 Å². The van der Waals surface area contributed by atoms with Crippen molar-refractivity contribution in [1.82, 2.24) is 0 Å². The Hall–Kier alpha value is -0.710. The van der Waals surface area contributed by atoms with Crippen LogP contribution in [0.25, 0.3) is 0 Å². The maximum Gasteiger partial charge on any atom is 0.165 e. The smallest absolute Gasteiger partial charge is 0.165 e. The van der Waals surface area contributed by atoms with E-state index in [2.05, 4.69) is 6.92 Å². The van der Waals surface area contributed by atoms with Gasteiger partial charge in [-0.1, -0.05) is 12.5 Å². The fourth-order valence-corrected chi connectivity index (χ4v) is 8.51. The van der Waals surface area contributed by atoms with Crippen molar-refractivity contribution in [3.8, 4) is 0 Å². The second kappa shape index (κ2) is 6.39. The van der Waals surface area contributed by atoms with Gasteiger partial charge >= 0.3 is 0 Å². The summed E-state index contributed by atoms with van der Waals surface area (Å²) in [5.74, 6) is -1.11. The fraction of sp³-hybridized carbons (Fsp3) is 0.773. The van der Waals surface area contributed by atoms with Crippen LogP contribution in [0.2, 0.25) is 0 Å². The second-order valence-corrected chi connectivity index (χ2v) is 10.9. The van der Waals surface area contributed by atoms with Crippen LogP contribution in [-0.2, 0) is 14.4 Å². The van der Waals surface area contributed by atoms with Crippen LogP contribution in [0.3, 0.4) is 0 Å². The van der Waals surface area contributed by atoms with E-state index in [0.717, 1.165) is 24.8 Å². The molecule has 0 radical (unpaired) electrons. The number of alkyl halides is 2. The van der Waals surface area contributed by atoms with Crippen LogP contribution >= 0.6 is 23.2 Å². The largest absolute Gasteiger partial charge is 0.389 e. The quantitative estimate of drug-likeness (QED) is 0.539. The lowest BCUT2D eigenvalue weighted by Gasteiger charge is -2.63. The molecule has 4 nitrogen and oxygen atoms in total. The molecule has 0 aromatic rings. The minimum absolute atomic E-state index is 0.00147. The Bertz CT molecular complexity index is 791. The summed E-state index contributed by atoms with van der Waals surface area (Å²) in [5.41, 5.74) is -0.453. The molecule has 8 atom stereocenters. The number of aliphatic hydroxyl groups is 1. The van der Waals surface area contributed by atoms with Crippen molar-refractivity contribution in [3.63, 3.8) is 0 Å². The predicted molar refractivity (Wildman–Crippen MR) is 107 cm³/mol. The number of hydrogen-bond acceptors (Lipinski definition) is 4. The first kappa shape index (κ1) is 20.6. The van der Waals surface area contributed by atoms with Gasteiger partial charge in [-0.25, -0.2) is 0 Å². The van der Waals surface area contributed by atoms with Gasteiger partial charge in [-0.3, -0.25) is 14.4 Å². The van der Waals surface area contributed by atoms with Crippen LogP contribution in [0.1, 0.15) is 52.9 Å². The molecular weight excluding hydrogens is 399 g/mol. The third-order valence-corrected chi connectivity index (χ3v) is 10.3. The molecule has 0 aromatic heterocycles. The highest BCUT2D eigenvalue weighted by Crippen LogP contribution is 2.70. The third kappa shape index (κ3) is 2.26. The molecule has 0 aliphatic heterocycles. The van der Waals surface area contributed by atoms with E-state index in [-0.39, 0.29) is 40.5 Å². The summed E-state index contributed by atoms with van der Waals surface area (Å²) in [6.07, 6.45) is 5.19. The highest BCUT2D eigenvalue weighted by Gasteiger charge is 2.72. The molecule has 4 aliphatic rings. The Morgan fingerprint density at radius 3 is 2.54 bits per heavy atom. The highest BCUT2D eigenvalue weighted by molar-refractivity contribution is 6.36. The highest BCUT2D eigenvalue weighted by atomic mass is 35.5. The number of carbonyl (C=O) groups is 3. The predicted octanol–water partition coefficient (Wildman–Crippen LogP) is 3.70. The topological polar surface area (TPSA) is 71.4 Å². The lowest BCUT2D eigenvalue weighted by molar-refractivity contribution is -0.144. The number of aliphatic hydroxyl groups excluding tert-OH is 1. The summed E-state index contributed by atoms with van der Waals surface area (Å²) in [7, 11) is 0. The number of allylic oxidation sites excluding steroid dienone is 1. The number of fused-ring (bicyclic) bond motifs is 5. The summed E-state index contributed by atoms with van der Waals surface area (Å²) in [6, 6.07) is 0. The molecule has 0 amide bonds. The number of ketones is 3. The standard InChI is InChI=1S/C22H28Cl2O4/c1-11-16(26)8-12-4-5-14-13-6-7-15(17(27)10-25)20(13,2)9-18(23)22(14,24)21(12,3)19(11)28/h8,11,13-15,18,25H,4-7,9-10H2,1-3H3/t11?,13-,14-,15+,18?,20-,21+,22-/m0/s1. The molecule has 4 aliphatic carbocycles. The van der Waals surface area contributed by atoms with Gasteiger partial charge in [0.1, 0.15) is 6.61 Å². The second-order valence-electron chi connectivity index (χ2n) is 9.73. The average molecular weight is 427 g/mol. The first-order chi connectivity index (χ1) is 13.0. The van der Waals surface area contributed by atoms with Gasteiger partial charge in [0.15, 0.2) is 17.3 Å². The van der Waals surface area contributed by atoms with Gasteiger partial charge < -0.3 is 5.11 Å². The van der Waals surface area contributed by atoms with Crippen molar-refractivity contribution in [2.24, 2.45) is 34.5 Å². The summed E-state index contributed by atoms with van der Waals surface area (Å²) in [4.78, 5) is 37.1. The Kier molecular flexibility index (Phi) is 4.69. The van der Waals surface area contributed by atoms with Gasteiger partial charge in [0.2, 0.25) is 0 Å². The Morgan fingerprint density at radius 2 is 1.89 bits per heavy atom. The zero-order valence-electron chi connectivity index (χ0n) is 16.6. The fourth-order valence-electron chi connectivity index (χ4n) is 7.24. The number of carbonyl (C=O) groups excluding carboxylic acids is 3. The Morgan fingerprint density at radius 1 is 1.21 bits per heavy atom. The maximum atomic E-state index is 13.4. The van der Waals surface area contributed by atoms with E-state index in [0.29, 0.717) is 12.8 Å². The SMILES string of the molecule is CC1C(=O)C=C2CC[C@H]3[C@@H]4CC[C@H](C(=O)CO)[C@@]4(C)CC(Cl)[C@]3(Cl)[C@@]2(C)C1=O. The van der Waals surface area contributed by atoms with Gasteiger partial charge in [-0.2, -0.15) is 0 Å². The van der Waals surface area contributed by atoms with Crippen molar-refractivity contribution in [3.05, 3.63) is 11.6 Å².